The first-order valence-corrected chi connectivity index (χ1v) is 10.9. The molecule has 2 aromatic carbocycles. The summed E-state index contributed by atoms with van der Waals surface area (Å²) >= 11 is 1.60. The van der Waals surface area contributed by atoms with Gasteiger partial charge in [-0.2, -0.15) is 0 Å². The predicted molar refractivity (Wildman–Crippen MR) is 129 cm³/mol. The van der Waals surface area contributed by atoms with E-state index in [0.29, 0.717) is 25.6 Å². The molecule has 1 unspecified atom stereocenters. The maximum atomic E-state index is 11.9. The summed E-state index contributed by atoms with van der Waals surface area (Å²) in [5, 5.41) is 21.0. The third kappa shape index (κ3) is 6.78. The van der Waals surface area contributed by atoms with Gasteiger partial charge in [-0.3, -0.25) is 9.79 Å². The number of carbonyl (C=O) groups is 1. The Bertz CT molecular complexity index is 1010. The molecule has 0 aliphatic rings. The molecule has 7 nitrogen and oxygen atoms in total. The van der Waals surface area contributed by atoms with Gasteiger partial charge in [0.15, 0.2) is 5.96 Å². The van der Waals surface area contributed by atoms with Crippen LogP contribution in [0, 0.1) is 0 Å². The van der Waals surface area contributed by atoms with Crippen molar-refractivity contribution in [2.75, 3.05) is 39.5 Å². The van der Waals surface area contributed by atoms with E-state index in [0.717, 1.165) is 26.2 Å². The number of aliphatic hydroxyl groups excluding tert-OH is 1. The Morgan fingerprint density at radius 2 is 1.94 bits per heavy atom. The van der Waals surface area contributed by atoms with Gasteiger partial charge in [0.1, 0.15) is 6.10 Å². The van der Waals surface area contributed by atoms with Crippen LogP contribution in [0.4, 0.5) is 5.69 Å². The molecule has 0 aliphatic carbocycles. The fourth-order valence-electron chi connectivity index (χ4n) is 3.11. The first kappa shape index (κ1) is 22.7. The number of fused-ring (bicyclic) bond motifs is 1. The molecule has 0 saturated carbocycles. The van der Waals surface area contributed by atoms with Gasteiger partial charge in [-0.15, -0.1) is 11.3 Å². The largest absolute Gasteiger partial charge is 0.386 e. The van der Waals surface area contributed by atoms with E-state index in [-0.39, 0.29) is 5.91 Å². The average molecular weight is 440 g/mol. The Hall–Kier alpha value is -2.94. The van der Waals surface area contributed by atoms with Crippen LogP contribution in [0.3, 0.4) is 0 Å². The van der Waals surface area contributed by atoms with Gasteiger partial charge in [0.05, 0.1) is 6.54 Å². The third-order valence-corrected chi connectivity index (χ3v) is 5.81. The molecule has 1 aromatic heterocycles. The van der Waals surface area contributed by atoms with Crippen molar-refractivity contribution >= 4 is 39.0 Å². The number of aliphatic imine (C=N–C) groups is 1. The van der Waals surface area contributed by atoms with Crippen LogP contribution in [-0.4, -0.2) is 56.1 Å². The quantitative estimate of drug-likeness (QED) is 0.320. The fraction of sp³-hybridized carbons (Fsp3) is 0.304. The van der Waals surface area contributed by atoms with E-state index in [1.165, 1.54) is 0 Å². The van der Waals surface area contributed by atoms with Crippen molar-refractivity contribution in [3.63, 3.8) is 0 Å². The van der Waals surface area contributed by atoms with Crippen molar-refractivity contribution in [1.29, 1.82) is 0 Å². The normalized spacial score (nSPS) is 12.7. The molecule has 0 spiro atoms. The third-order valence-electron chi connectivity index (χ3n) is 4.59. The molecule has 4 N–H and O–H groups in total. The molecular formula is C23H29N5O2S. The Kier molecular flexibility index (Phi) is 8.00. The molecule has 0 radical (unpaired) electrons. The number of anilines is 1. The summed E-state index contributed by atoms with van der Waals surface area (Å²) in [7, 11) is 5.41. The van der Waals surface area contributed by atoms with E-state index >= 15 is 0 Å². The minimum Gasteiger partial charge on any atom is -0.386 e. The fourth-order valence-corrected chi connectivity index (χ4v) is 4.16. The van der Waals surface area contributed by atoms with E-state index in [9.17, 15) is 9.90 Å². The molecular weight excluding hydrogens is 410 g/mol. The standard InChI is InChI=1S/C23H29N5O2S/c1-24-23(26-14-19(29)21-12-17-8-4-5-10-20(17)31-21)25-13-16-7-6-9-18(11-16)27-22(30)15-28(2)3/h4-12,19,29H,13-15H2,1-3H3,(H,27,30)(H2,24,25,26). The van der Waals surface area contributed by atoms with Crippen molar-refractivity contribution in [3.05, 3.63) is 65.0 Å². The van der Waals surface area contributed by atoms with Crippen LogP contribution < -0.4 is 16.0 Å². The first-order valence-electron chi connectivity index (χ1n) is 10.1. The number of nitrogens with zero attached hydrogens (tertiary/aromatic N) is 2. The Morgan fingerprint density at radius 1 is 1.13 bits per heavy atom. The van der Waals surface area contributed by atoms with Crippen LogP contribution in [0.5, 0.6) is 0 Å². The zero-order valence-electron chi connectivity index (χ0n) is 18.1. The highest BCUT2D eigenvalue weighted by molar-refractivity contribution is 7.19. The van der Waals surface area contributed by atoms with Crippen molar-refractivity contribution < 1.29 is 9.90 Å². The van der Waals surface area contributed by atoms with Gasteiger partial charge in [-0.05, 0) is 49.3 Å². The van der Waals surface area contributed by atoms with Crippen molar-refractivity contribution in [2.24, 2.45) is 4.99 Å². The number of hydrogen-bond donors (Lipinski definition) is 4. The average Bonchev–Trinajstić information content (AvgIpc) is 3.18. The van der Waals surface area contributed by atoms with Crippen LogP contribution in [0.25, 0.3) is 10.1 Å². The number of thiophene rings is 1. The predicted octanol–water partition coefficient (Wildman–Crippen LogP) is 2.80. The van der Waals surface area contributed by atoms with Gasteiger partial charge in [0, 0.05) is 35.4 Å². The summed E-state index contributed by atoms with van der Waals surface area (Å²) in [5.74, 6) is 0.546. The van der Waals surface area contributed by atoms with Gasteiger partial charge in [0.25, 0.3) is 0 Å². The van der Waals surface area contributed by atoms with Crippen LogP contribution in [0.2, 0.25) is 0 Å². The lowest BCUT2D eigenvalue weighted by Gasteiger charge is -2.15. The highest BCUT2D eigenvalue weighted by Gasteiger charge is 2.12. The maximum Gasteiger partial charge on any atom is 0.238 e. The molecule has 1 heterocycles. The zero-order chi connectivity index (χ0) is 22.2. The maximum absolute atomic E-state index is 11.9. The molecule has 1 atom stereocenters. The molecule has 164 valence electrons. The van der Waals surface area contributed by atoms with Gasteiger partial charge < -0.3 is 26.0 Å². The number of rotatable bonds is 8. The minimum atomic E-state index is -0.619. The van der Waals surface area contributed by atoms with Crippen LogP contribution in [-0.2, 0) is 11.3 Å². The first-order chi connectivity index (χ1) is 14.9. The summed E-state index contributed by atoms with van der Waals surface area (Å²) in [5.41, 5.74) is 1.77. The van der Waals surface area contributed by atoms with E-state index < -0.39 is 6.10 Å². The van der Waals surface area contributed by atoms with Crippen LogP contribution in [0.1, 0.15) is 16.5 Å². The van der Waals surface area contributed by atoms with Gasteiger partial charge in [-0.1, -0.05) is 30.3 Å². The number of amides is 1. The van der Waals surface area contributed by atoms with E-state index in [1.807, 2.05) is 67.5 Å². The highest BCUT2D eigenvalue weighted by atomic mass is 32.1. The van der Waals surface area contributed by atoms with Gasteiger partial charge in [0.2, 0.25) is 5.91 Å². The molecule has 31 heavy (non-hydrogen) atoms. The minimum absolute atomic E-state index is 0.0530. The lowest BCUT2D eigenvalue weighted by molar-refractivity contribution is -0.116. The van der Waals surface area contributed by atoms with E-state index in [1.54, 1.807) is 18.4 Å². The molecule has 3 rings (SSSR count). The van der Waals surface area contributed by atoms with Crippen molar-refractivity contribution in [1.82, 2.24) is 15.5 Å². The molecule has 8 heteroatoms. The molecule has 0 fully saturated rings. The topological polar surface area (TPSA) is 89.0 Å². The number of guanidine groups is 1. The zero-order valence-corrected chi connectivity index (χ0v) is 18.9. The van der Waals surface area contributed by atoms with E-state index in [4.69, 9.17) is 0 Å². The van der Waals surface area contributed by atoms with Crippen molar-refractivity contribution in [2.45, 2.75) is 12.6 Å². The second-order valence-corrected chi connectivity index (χ2v) is 8.61. The second kappa shape index (κ2) is 10.9. The summed E-state index contributed by atoms with van der Waals surface area (Å²) in [6, 6.07) is 17.8. The van der Waals surface area contributed by atoms with E-state index in [2.05, 4.69) is 27.0 Å². The van der Waals surface area contributed by atoms with Gasteiger partial charge in [-0.25, -0.2) is 0 Å². The highest BCUT2D eigenvalue weighted by Crippen LogP contribution is 2.29. The summed E-state index contributed by atoms with van der Waals surface area (Å²) in [4.78, 5) is 18.9. The lowest BCUT2D eigenvalue weighted by atomic mass is 10.2. The number of hydrogen-bond acceptors (Lipinski definition) is 5. The molecule has 0 aliphatic heterocycles. The number of likely N-dealkylation sites (N-methyl/N-ethyl adjacent to an activating group) is 1. The number of carbonyl (C=O) groups excluding carboxylic acids is 1. The Balaban J connectivity index is 1.51. The number of benzene rings is 2. The number of nitrogens with one attached hydrogen (secondary N) is 3. The molecule has 1 amide bonds. The molecule has 0 bridgehead atoms. The SMILES string of the molecule is CN=C(NCc1cccc(NC(=O)CN(C)C)c1)NCC(O)c1cc2ccccc2s1. The molecule has 0 saturated heterocycles. The van der Waals surface area contributed by atoms with Gasteiger partial charge >= 0.3 is 0 Å². The monoisotopic (exact) mass is 439 g/mol. The second-order valence-electron chi connectivity index (χ2n) is 7.50. The summed E-state index contributed by atoms with van der Waals surface area (Å²) in [6.07, 6.45) is -0.619. The Labute approximate surface area is 186 Å². The lowest BCUT2D eigenvalue weighted by Crippen LogP contribution is -2.38. The molecule has 3 aromatic rings. The smallest absolute Gasteiger partial charge is 0.238 e. The summed E-state index contributed by atoms with van der Waals surface area (Å²) < 4.78 is 1.16. The van der Waals surface area contributed by atoms with Crippen LogP contribution >= 0.6 is 11.3 Å². The number of aliphatic hydroxyl groups is 1. The van der Waals surface area contributed by atoms with Crippen molar-refractivity contribution in [3.8, 4) is 0 Å². The Morgan fingerprint density at radius 3 is 2.68 bits per heavy atom. The van der Waals surface area contributed by atoms with Crippen LogP contribution in [0.15, 0.2) is 59.6 Å². The summed E-state index contributed by atoms with van der Waals surface area (Å²) in [6.45, 7) is 1.23.